The minimum atomic E-state index is 0. The Hall–Kier alpha value is -0.110. The van der Waals surface area contributed by atoms with Gasteiger partial charge in [-0.1, -0.05) is 18.2 Å². The summed E-state index contributed by atoms with van der Waals surface area (Å²) < 4.78 is 4.91. The molecule has 0 aliphatic carbocycles. The summed E-state index contributed by atoms with van der Waals surface area (Å²) in [6.45, 7) is 0. The Morgan fingerprint density at radius 3 is 2.00 bits per heavy atom. The molecule has 0 aliphatic heterocycles. The second kappa shape index (κ2) is 4.74. The fourth-order valence-electron chi connectivity index (χ4n) is 0.557. The van der Waals surface area contributed by atoms with Gasteiger partial charge in [-0.05, 0) is 12.1 Å². The molecule has 0 amide bonds. The number of rotatable bonds is 1. The van der Waals surface area contributed by atoms with E-state index in [4.69, 9.17) is 4.74 Å². The van der Waals surface area contributed by atoms with Crippen LogP contribution in [0.5, 0.6) is 5.75 Å². The third-order valence-corrected chi connectivity index (χ3v) is 0.979. The summed E-state index contributed by atoms with van der Waals surface area (Å²) in [5.74, 6) is 0.910. The number of ether oxygens (including phenoxy) is 1. The van der Waals surface area contributed by atoms with Crippen LogP contribution in [0.3, 0.4) is 0 Å². The number of benzene rings is 1. The molecule has 1 nitrogen and oxygen atoms in total. The van der Waals surface area contributed by atoms with E-state index in [2.05, 4.69) is 0 Å². The Balaban J connectivity index is 0.000000640. The third-order valence-electron chi connectivity index (χ3n) is 0.979. The van der Waals surface area contributed by atoms with Crippen molar-refractivity contribution in [2.45, 2.75) is 0 Å². The predicted molar refractivity (Wildman–Crippen MR) is 42.9 cm³/mol. The van der Waals surface area contributed by atoms with Gasteiger partial charge >= 0.3 is 25.8 Å². The molecular formula is C7H11InO. The summed E-state index contributed by atoms with van der Waals surface area (Å²) in [5.41, 5.74) is 0. The first-order valence-corrected chi connectivity index (χ1v) is 2.52. The van der Waals surface area contributed by atoms with Crippen molar-refractivity contribution in [1.82, 2.24) is 0 Å². The normalized spacial score (nSPS) is 7.67. The van der Waals surface area contributed by atoms with E-state index in [0.29, 0.717) is 0 Å². The second-order valence-electron chi connectivity index (χ2n) is 1.52. The van der Waals surface area contributed by atoms with Crippen molar-refractivity contribution in [2.75, 3.05) is 7.11 Å². The quantitative estimate of drug-likeness (QED) is 0.677. The SMILES string of the molecule is COc1ccccc1.[InH3]. The van der Waals surface area contributed by atoms with E-state index in [1.165, 1.54) is 0 Å². The molecule has 0 aromatic heterocycles. The molecule has 0 fully saturated rings. The molecule has 0 atom stereocenters. The van der Waals surface area contributed by atoms with Crippen molar-refractivity contribution in [3.8, 4) is 5.75 Å². The van der Waals surface area contributed by atoms with Crippen LogP contribution in [-0.4, -0.2) is 33.0 Å². The van der Waals surface area contributed by atoms with Gasteiger partial charge in [0.2, 0.25) is 0 Å². The van der Waals surface area contributed by atoms with Crippen molar-refractivity contribution in [3.63, 3.8) is 0 Å². The van der Waals surface area contributed by atoms with Crippen molar-refractivity contribution in [2.24, 2.45) is 0 Å². The molecule has 0 N–H and O–H groups in total. The monoisotopic (exact) mass is 226 g/mol. The topological polar surface area (TPSA) is 9.23 Å². The van der Waals surface area contributed by atoms with E-state index in [1.54, 1.807) is 7.11 Å². The van der Waals surface area contributed by atoms with Crippen LogP contribution in [0.2, 0.25) is 0 Å². The standard InChI is InChI=1S/C7H8O.In.3H/c1-8-7-5-3-2-4-6-7;;;;/h2-6H,1H3;;;;. The molecule has 0 spiro atoms. The number of hydrogen-bond donors (Lipinski definition) is 0. The van der Waals surface area contributed by atoms with Crippen molar-refractivity contribution >= 4 is 25.8 Å². The van der Waals surface area contributed by atoms with Gasteiger partial charge in [-0.25, -0.2) is 0 Å². The van der Waals surface area contributed by atoms with Gasteiger partial charge < -0.3 is 4.74 Å². The molecule has 0 heterocycles. The molecule has 2 heteroatoms. The van der Waals surface area contributed by atoms with Gasteiger partial charge in [-0.3, -0.25) is 0 Å². The fraction of sp³-hybridized carbons (Fsp3) is 0.143. The van der Waals surface area contributed by atoms with Crippen molar-refractivity contribution in [1.29, 1.82) is 0 Å². The zero-order valence-corrected chi connectivity index (χ0v) is 4.79. The summed E-state index contributed by atoms with van der Waals surface area (Å²) in [4.78, 5) is 0. The first-order chi connectivity index (χ1) is 3.93. The van der Waals surface area contributed by atoms with Crippen LogP contribution in [-0.2, 0) is 0 Å². The van der Waals surface area contributed by atoms with Crippen LogP contribution >= 0.6 is 0 Å². The molecule has 1 rings (SSSR count). The zero-order valence-electron chi connectivity index (χ0n) is 4.79. The van der Waals surface area contributed by atoms with Crippen LogP contribution in [0.4, 0.5) is 0 Å². The number of hydrogen-bond acceptors (Lipinski definition) is 1. The second-order valence-corrected chi connectivity index (χ2v) is 1.52. The van der Waals surface area contributed by atoms with Crippen LogP contribution in [0, 0.1) is 0 Å². The molecule has 0 radical (unpaired) electrons. The first-order valence-electron chi connectivity index (χ1n) is 2.52. The average molecular weight is 226 g/mol. The average Bonchev–Trinajstić information content (AvgIpc) is 1.90. The minimum absolute atomic E-state index is 0. The van der Waals surface area contributed by atoms with Crippen LogP contribution in [0.15, 0.2) is 30.3 Å². The Morgan fingerprint density at radius 2 is 1.67 bits per heavy atom. The number of para-hydroxylation sites is 1. The van der Waals surface area contributed by atoms with Gasteiger partial charge in [0.1, 0.15) is 5.75 Å². The van der Waals surface area contributed by atoms with Crippen LogP contribution in [0.1, 0.15) is 0 Å². The van der Waals surface area contributed by atoms with Crippen LogP contribution < -0.4 is 4.74 Å². The van der Waals surface area contributed by atoms with E-state index in [0.717, 1.165) is 5.75 Å². The summed E-state index contributed by atoms with van der Waals surface area (Å²) in [5, 5.41) is 0. The van der Waals surface area contributed by atoms with Gasteiger partial charge in [0.15, 0.2) is 0 Å². The first kappa shape index (κ1) is 8.89. The fourth-order valence-corrected chi connectivity index (χ4v) is 0.557. The summed E-state index contributed by atoms with van der Waals surface area (Å²) in [7, 11) is 1.66. The van der Waals surface area contributed by atoms with Crippen LogP contribution in [0.25, 0.3) is 0 Å². The maximum absolute atomic E-state index is 4.91. The molecule has 9 heavy (non-hydrogen) atoms. The Kier molecular flexibility index (Phi) is 4.68. The third kappa shape index (κ3) is 2.80. The Bertz CT molecular complexity index is 150. The molecule has 1 aromatic carbocycles. The summed E-state index contributed by atoms with van der Waals surface area (Å²) in [6, 6.07) is 9.68. The molecule has 0 unspecified atom stereocenters. The molecule has 0 aliphatic rings. The predicted octanol–water partition coefficient (Wildman–Crippen LogP) is 0.511. The molecule has 0 saturated carbocycles. The summed E-state index contributed by atoms with van der Waals surface area (Å²) in [6.07, 6.45) is 0. The molecule has 48 valence electrons. The zero-order chi connectivity index (χ0) is 5.82. The Morgan fingerprint density at radius 1 is 1.11 bits per heavy atom. The van der Waals surface area contributed by atoms with Crippen molar-refractivity contribution < 1.29 is 4.74 Å². The van der Waals surface area contributed by atoms with E-state index in [-0.39, 0.29) is 25.8 Å². The van der Waals surface area contributed by atoms with Gasteiger partial charge in [-0.15, -0.1) is 0 Å². The maximum atomic E-state index is 4.91. The van der Waals surface area contributed by atoms with Gasteiger partial charge in [0.05, 0.1) is 7.11 Å². The molecule has 1 aromatic rings. The Labute approximate surface area is 73.8 Å². The number of methoxy groups -OCH3 is 1. The van der Waals surface area contributed by atoms with E-state index in [1.807, 2.05) is 30.3 Å². The van der Waals surface area contributed by atoms with Gasteiger partial charge in [-0.2, -0.15) is 0 Å². The molecule has 0 saturated heterocycles. The van der Waals surface area contributed by atoms with E-state index < -0.39 is 0 Å². The van der Waals surface area contributed by atoms with Crippen molar-refractivity contribution in [3.05, 3.63) is 30.3 Å². The molecule has 0 bridgehead atoms. The van der Waals surface area contributed by atoms with E-state index >= 15 is 0 Å². The van der Waals surface area contributed by atoms with E-state index in [9.17, 15) is 0 Å². The molecular weight excluding hydrogens is 215 g/mol. The summed E-state index contributed by atoms with van der Waals surface area (Å²) >= 11 is 0. The van der Waals surface area contributed by atoms with Gasteiger partial charge in [0, 0.05) is 0 Å². The van der Waals surface area contributed by atoms with Gasteiger partial charge in [0.25, 0.3) is 0 Å².